The molecule has 12 nitrogen and oxygen atoms in total. The molecule has 0 spiro atoms. The Balaban J connectivity index is 1.28. The fourth-order valence-electron chi connectivity index (χ4n) is 6.32. The molecule has 1 aliphatic rings. The number of aryl methyl sites for hydroxylation is 1. The first-order valence-corrected chi connectivity index (χ1v) is 18.0. The van der Waals surface area contributed by atoms with Gasteiger partial charge in [0.25, 0.3) is 0 Å². The molecule has 0 aromatic heterocycles. The van der Waals surface area contributed by atoms with Crippen LogP contribution in [0.2, 0.25) is 0 Å². The zero-order chi connectivity index (χ0) is 38.5. The second kappa shape index (κ2) is 18.7. The third-order valence-electron chi connectivity index (χ3n) is 8.93. The summed E-state index contributed by atoms with van der Waals surface area (Å²) >= 11 is 0. The molecule has 0 unspecified atom stereocenters. The maximum absolute atomic E-state index is 14.2. The number of ether oxygens (including phenoxy) is 3. The summed E-state index contributed by atoms with van der Waals surface area (Å²) in [5.41, 5.74) is 3.08. The maximum Gasteiger partial charge on any atom is 0.410 e. The molecule has 1 saturated heterocycles. The highest BCUT2D eigenvalue weighted by Crippen LogP contribution is 2.30. The van der Waals surface area contributed by atoms with Gasteiger partial charge < -0.3 is 35.5 Å². The van der Waals surface area contributed by atoms with Gasteiger partial charge in [-0.05, 0) is 68.5 Å². The van der Waals surface area contributed by atoms with E-state index in [0.717, 1.165) is 16.7 Å². The lowest BCUT2D eigenvalue weighted by atomic mass is 9.84. The number of anilines is 2. The monoisotopic (exact) mass is 735 g/mol. The molecule has 54 heavy (non-hydrogen) atoms. The Morgan fingerprint density at radius 3 is 2.02 bits per heavy atom. The number of para-hydroxylation sites is 2. The number of benzene rings is 4. The second-order valence-electron chi connectivity index (χ2n) is 14.0. The number of carbonyl (C=O) groups is 4. The van der Waals surface area contributed by atoms with Crippen LogP contribution in [0.5, 0.6) is 0 Å². The van der Waals surface area contributed by atoms with E-state index in [4.69, 9.17) is 14.2 Å². The van der Waals surface area contributed by atoms with Crippen molar-refractivity contribution < 1.29 is 33.4 Å². The Hall–Kier alpha value is -5.88. The minimum atomic E-state index is -1.01. The summed E-state index contributed by atoms with van der Waals surface area (Å²) < 4.78 is 16.9. The van der Waals surface area contributed by atoms with Gasteiger partial charge >= 0.3 is 18.2 Å². The van der Waals surface area contributed by atoms with Crippen LogP contribution in [0.3, 0.4) is 0 Å². The Morgan fingerprint density at radius 2 is 1.41 bits per heavy atom. The molecule has 0 saturated carbocycles. The number of hydrogen-bond acceptors (Lipinski definition) is 7. The van der Waals surface area contributed by atoms with Gasteiger partial charge in [0.1, 0.15) is 11.6 Å². The van der Waals surface area contributed by atoms with E-state index in [1.165, 1.54) is 7.11 Å². The third kappa shape index (κ3) is 11.3. The Morgan fingerprint density at radius 1 is 0.815 bits per heavy atom. The average Bonchev–Trinajstić information content (AvgIpc) is 3.17. The molecule has 3 atom stereocenters. The van der Waals surface area contributed by atoms with Gasteiger partial charge in [-0.3, -0.25) is 9.69 Å². The molecule has 4 aromatic rings. The number of nitrogens with zero attached hydrogens (tertiary/aromatic N) is 1. The van der Waals surface area contributed by atoms with Gasteiger partial charge in [0.2, 0.25) is 5.91 Å². The summed E-state index contributed by atoms with van der Waals surface area (Å²) in [5.74, 6) is -0.929. The van der Waals surface area contributed by atoms with Gasteiger partial charge in [0.15, 0.2) is 0 Å². The lowest BCUT2D eigenvalue weighted by Crippen LogP contribution is -2.57. The van der Waals surface area contributed by atoms with E-state index < -0.39 is 47.7 Å². The number of hydrogen-bond donors (Lipinski definition) is 4. The highest BCUT2D eigenvalue weighted by Gasteiger charge is 2.36. The van der Waals surface area contributed by atoms with Crippen LogP contribution in [0, 0.1) is 0 Å². The van der Waals surface area contributed by atoms with Crippen molar-refractivity contribution >= 4 is 35.5 Å². The van der Waals surface area contributed by atoms with Crippen LogP contribution in [-0.4, -0.2) is 79.6 Å². The van der Waals surface area contributed by atoms with Crippen molar-refractivity contribution in [2.45, 2.75) is 63.3 Å². The van der Waals surface area contributed by atoms with Crippen molar-refractivity contribution in [3.05, 3.63) is 132 Å². The van der Waals surface area contributed by atoms with Crippen LogP contribution in [0.4, 0.5) is 25.8 Å². The molecule has 4 N–H and O–H groups in total. The number of alkyl carbamates (subject to hydrolysis) is 1. The maximum atomic E-state index is 14.2. The quantitative estimate of drug-likeness (QED) is 0.123. The Kier molecular flexibility index (Phi) is 13.7. The number of urea groups is 1. The SMILES string of the molecule is COC(=O)N[C@H](C(=O)Nc1ccccc1CC[C@@H]1CN(C(=O)OC(C)(C)C)[C@H](CNC(=O)Nc2ccccc2)CO1)C(c1ccccc1)c1ccccc1. The summed E-state index contributed by atoms with van der Waals surface area (Å²) in [7, 11) is 1.26. The van der Waals surface area contributed by atoms with Gasteiger partial charge in [-0.1, -0.05) is 97.1 Å². The second-order valence-corrected chi connectivity index (χ2v) is 14.0. The molecule has 0 radical (unpaired) electrons. The normalized spacial score (nSPS) is 16.1. The molecule has 1 aliphatic heterocycles. The van der Waals surface area contributed by atoms with E-state index in [2.05, 4.69) is 21.3 Å². The third-order valence-corrected chi connectivity index (χ3v) is 8.93. The highest BCUT2D eigenvalue weighted by molar-refractivity contribution is 5.98. The van der Waals surface area contributed by atoms with Gasteiger partial charge in [0, 0.05) is 23.8 Å². The van der Waals surface area contributed by atoms with E-state index >= 15 is 0 Å². The Bertz CT molecular complexity index is 1800. The summed E-state index contributed by atoms with van der Waals surface area (Å²) in [6, 6.07) is 33.8. The van der Waals surface area contributed by atoms with E-state index in [9.17, 15) is 19.2 Å². The number of methoxy groups -OCH3 is 1. The molecule has 5 rings (SSSR count). The van der Waals surface area contributed by atoms with Crippen molar-refractivity contribution in [3.63, 3.8) is 0 Å². The number of morpholine rings is 1. The minimum absolute atomic E-state index is 0.160. The molecule has 0 bridgehead atoms. The van der Waals surface area contributed by atoms with Crippen molar-refractivity contribution in [1.29, 1.82) is 0 Å². The van der Waals surface area contributed by atoms with E-state index in [-0.39, 0.29) is 25.8 Å². The van der Waals surface area contributed by atoms with Gasteiger partial charge in [-0.25, -0.2) is 14.4 Å². The summed E-state index contributed by atoms with van der Waals surface area (Å²) in [5, 5.41) is 11.5. The number of amides is 5. The molecule has 0 aliphatic carbocycles. The first-order chi connectivity index (χ1) is 26.0. The van der Waals surface area contributed by atoms with Gasteiger partial charge in [-0.15, -0.1) is 0 Å². The first kappa shape index (κ1) is 39.3. The molecule has 1 fully saturated rings. The number of rotatable bonds is 12. The molecular formula is C42H49N5O7. The predicted molar refractivity (Wildman–Crippen MR) is 207 cm³/mol. The molecule has 1 heterocycles. The summed E-state index contributed by atoms with van der Waals surface area (Å²) in [6.07, 6.45) is -0.517. The van der Waals surface area contributed by atoms with Gasteiger partial charge in [-0.2, -0.15) is 0 Å². The Labute approximate surface area is 316 Å². The zero-order valence-electron chi connectivity index (χ0n) is 31.1. The van der Waals surface area contributed by atoms with E-state index in [1.807, 2.05) is 124 Å². The largest absolute Gasteiger partial charge is 0.453 e. The lowest BCUT2D eigenvalue weighted by Gasteiger charge is -2.40. The average molecular weight is 736 g/mol. The smallest absolute Gasteiger partial charge is 0.410 e. The van der Waals surface area contributed by atoms with Gasteiger partial charge in [0.05, 0.1) is 32.4 Å². The molecule has 284 valence electrons. The van der Waals surface area contributed by atoms with Crippen LogP contribution < -0.4 is 21.3 Å². The first-order valence-electron chi connectivity index (χ1n) is 18.0. The van der Waals surface area contributed by atoms with E-state index in [1.54, 1.807) is 17.0 Å². The molecule has 4 aromatic carbocycles. The topological polar surface area (TPSA) is 147 Å². The zero-order valence-corrected chi connectivity index (χ0v) is 31.1. The van der Waals surface area contributed by atoms with Crippen LogP contribution in [-0.2, 0) is 25.4 Å². The van der Waals surface area contributed by atoms with Crippen LogP contribution in [0.1, 0.15) is 49.8 Å². The predicted octanol–water partition coefficient (Wildman–Crippen LogP) is 6.94. The number of carbonyl (C=O) groups excluding carboxylic acids is 4. The molecule has 5 amide bonds. The van der Waals surface area contributed by atoms with Crippen molar-refractivity contribution in [2.24, 2.45) is 0 Å². The van der Waals surface area contributed by atoms with Crippen molar-refractivity contribution in [2.75, 3.05) is 37.4 Å². The molecular weight excluding hydrogens is 686 g/mol. The standard InChI is InChI=1S/C42H49N5O7/c1-42(2,3)54-41(51)47-27-34(53-28-33(47)26-43-39(49)44-32-21-12-7-13-22-32)25-24-29-16-14-15-23-35(29)45-38(48)37(46-40(50)52-4)36(30-17-8-5-9-18-30)31-19-10-6-11-20-31/h5-23,33-34,36-37H,24-28H2,1-4H3,(H,45,48)(H,46,50)(H2,43,44,49)/t33-,34-,37+/m1/s1. The van der Waals surface area contributed by atoms with Crippen molar-refractivity contribution in [1.82, 2.24) is 15.5 Å². The fourth-order valence-corrected chi connectivity index (χ4v) is 6.32. The fraction of sp³-hybridized carbons (Fsp3) is 0.333. The van der Waals surface area contributed by atoms with E-state index in [0.29, 0.717) is 24.2 Å². The van der Waals surface area contributed by atoms with Crippen LogP contribution in [0.25, 0.3) is 0 Å². The molecule has 12 heteroatoms. The lowest BCUT2D eigenvalue weighted by molar-refractivity contribution is -0.118. The van der Waals surface area contributed by atoms with Crippen LogP contribution in [0.15, 0.2) is 115 Å². The summed E-state index contributed by atoms with van der Waals surface area (Å²) in [6.45, 7) is 6.02. The number of nitrogens with one attached hydrogen (secondary N) is 4. The highest BCUT2D eigenvalue weighted by atomic mass is 16.6. The van der Waals surface area contributed by atoms with Crippen LogP contribution >= 0.6 is 0 Å². The summed E-state index contributed by atoms with van der Waals surface area (Å²) in [4.78, 5) is 54.5. The van der Waals surface area contributed by atoms with Crippen molar-refractivity contribution in [3.8, 4) is 0 Å². The minimum Gasteiger partial charge on any atom is -0.453 e.